The van der Waals surface area contributed by atoms with Crippen LogP contribution in [-0.2, 0) is 10.8 Å². The van der Waals surface area contributed by atoms with Crippen LogP contribution in [-0.4, -0.2) is 44.9 Å². The van der Waals surface area contributed by atoms with Crippen LogP contribution in [0.25, 0.3) is 79.7 Å². The van der Waals surface area contributed by atoms with Gasteiger partial charge in [-0.25, -0.2) is 49.2 Å². The van der Waals surface area contributed by atoms with E-state index >= 15 is 0 Å². The van der Waals surface area contributed by atoms with E-state index in [4.69, 9.17) is 44.9 Å². The maximum Gasteiger partial charge on any atom is 0.164 e. The fourth-order valence-corrected chi connectivity index (χ4v) is 6.08. The van der Waals surface area contributed by atoms with Crippen molar-refractivity contribution in [3.05, 3.63) is 151 Å². The van der Waals surface area contributed by atoms with Crippen LogP contribution in [0.3, 0.4) is 0 Å². The second kappa shape index (κ2) is 15.0. The Labute approximate surface area is 331 Å². The van der Waals surface area contributed by atoms with Crippen LogP contribution >= 0.6 is 0 Å². The molecule has 0 aliphatic carbocycles. The van der Waals surface area contributed by atoms with Crippen LogP contribution in [0.5, 0.6) is 0 Å². The van der Waals surface area contributed by atoms with Gasteiger partial charge in [0, 0.05) is 49.8 Å². The molecular formula is C47H40FN9. The average Bonchev–Trinajstić information content (AvgIpc) is 3.23. The van der Waals surface area contributed by atoms with E-state index < -0.39 is 0 Å². The maximum absolute atomic E-state index is 14.1. The first-order chi connectivity index (χ1) is 27.4. The molecule has 5 aromatic carbocycles. The molecule has 0 spiro atoms. The number of aromatic nitrogens is 9. The van der Waals surface area contributed by atoms with Crippen LogP contribution < -0.4 is 0 Å². The molecule has 3 aromatic heterocycles. The van der Waals surface area contributed by atoms with Gasteiger partial charge in [-0.3, -0.25) is 0 Å². The lowest BCUT2D eigenvalue weighted by molar-refractivity contribution is 0.497. The fraction of sp³-hybridized carbons (Fsp3) is 0.170. The summed E-state index contributed by atoms with van der Waals surface area (Å²) in [6.45, 7) is 12.5. The molecule has 3 heterocycles. The van der Waals surface area contributed by atoms with Crippen molar-refractivity contribution in [2.75, 3.05) is 0 Å². The molecule has 0 aliphatic rings. The first-order valence-electron chi connectivity index (χ1n) is 18.7. The maximum atomic E-state index is 14.1. The highest BCUT2D eigenvalue weighted by atomic mass is 19.1. The van der Waals surface area contributed by atoms with E-state index in [1.165, 1.54) is 12.1 Å². The minimum absolute atomic E-state index is 0.350. The summed E-state index contributed by atoms with van der Waals surface area (Å²) in [6, 6.07) is 41.5. The van der Waals surface area contributed by atoms with Gasteiger partial charge in [0.1, 0.15) is 17.5 Å². The van der Waals surface area contributed by atoms with Crippen molar-refractivity contribution in [1.29, 1.82) is 0 Å². The van der Waals surface area contributed by atoms with Crippen LogP contribution in [0.15, 0.2) is 133 Å². The molecule has 0 unspecified atom stereocenters. The van der Waals surface area contributed by atoms with Gasteiger partial charge in [0.2, 0.25) is 0 Å². The fourth-order valence-electron chi connectivity index (χ4n) is 6.08. The van der Waals surface area contributed by atoms with Crippen LogP contribution in [0.4, 0.5) is 4.39 Å². The highest BCUT2D eigenvalue weighted by molar-refractivity contribution is 5.78. The predicted octanol–water partition coefficient (Wildman–Crippen LogP) is 10.6. The van der Waals surface area contributed by atoms with Crippen LogP contribution in [0, 0.1) is 5.82 Å². The zero-order valence-electron chi connectivity index (χ0n) is 32.6. The number of hydrogen-bond acceptors (Lipinski definition) is 9. The largest absolute Gasteiger partial charge is 0.217 e. The molecule has 0 atom stereocenters. The second-order valence-electron chi connectivity index (χ2n) is 15.8. The molecule has 280 valence electrons. The molecule has 0 saturated carbocycles. The molecule has 0 bridgehead atoms. The Morgan fingerprint density at radius 1 is 0.298 bits per heavy atom. The van der Waals surface area contributed by atoms with Crippen molar-refractivity contribution >= 4 is 0 Å². The van der Waals surface area contributed by atoms with Gasteiger partial charge in [-0.15, -0.1) is 0 Å². The standard InChI is InChI=1S/C47H40FN9/c1-46(2,3)44-55-43(56-45(57-44)47(4,5)6)35-27-33(41-51-37(29-16-10-7-11-17-29)49-38(52-41)30-18-12-8-13-19-30)26-34(28-35)42-53-39(31-20-14-9-15-21-31)50-40(54-42)32-22-24-36(48)25-23-32/h7-28H,1-6H3. The van der Waals surface area contributed by atoms with Crippen molar-refractivity contribution in [1.82, 2.24) is 44.9 Å². The third kappa shape index (κ3) is 8.21. The van der Waals surface area contributed by atoms with Gasteiger partial charge >= 0.3 is 0 Å². The summed E-state index contributed by atoms with van der Waals surface area (Å²) in [5.74, 6) is 4.26. The molecule has 0 aliphatic heterocycles. The number of hydrogen-bond donors (Lipinski definition) is 0. The predicted molar refractivity (Wildman–Crippen MR) is 222 cm³/mol. The Morgan fingerprint density at radius 3 is 0.860 bits per heavy atom. The van der Waals surface area contributed by atoms with E-state index in [0.717, 1.165) is 16.7 Å². The van der Waals surface area contributed by atoms with Gasteiger partial charge < -0.3 is 0 Å². The zero-order valence-corrected chi connectivity index (χ0v) is 32.6. The summed E-state index contributed by atoms with van der Waals surface area (Å²) < 4.78 is 14.1. The van der Waals surface area contributed by atoms with Crippen molar-refractivity contribution in [2.24, 2.45) is 0 Å². The van der Waals surface area contributed by atoms with Crippen molar-refractivity contribution < 1.29 is 4.39 Å². The highest BCUT2D eigenvalue weighted by Crippen LogP contribution is 2.34. The topological polar surface area (TPSA) is 116 Å². The van der Waals surface area contributed by atoms with Gasteiger partial charge in [0.05, 0.1) is 0 Å². The first kappa shape index (κ1) is 37.0. The lowest BCUT2D eigenvalue weighted by Crippen LogP contribution is -2.24. The molecule has 57 heavy (non-hydrogen) atoms. The van der Waals surface area contributed by atoms with E-state index in [1.54, 1.807) is 12.1 Å². The molecule has 8 aromatic rings. The zero-order chi connectivity index (χ0) is 39.7. The molecule has 0 N–H and O–H groups in total. The number of nitrogens with zero attached hydrogens (tertiary/aromatic N) is 9. The van der Waals surface area contributed by atoms with Gasteiger partial charge in [-0.05, 0) is 42.5 Å². The molecule has 0 fully saturated rings. The van der Waals surface area contributed by atoms with Gasteiger partial charge in [-0.1, -0.05) is 133 Å². The average molecular weight is 750 g/mol. The third-order valence-corrected chi connectivity index (χ3v) is 9.15. The normalized spacial score (nSPS) is 11.8. The third-order valence-electron chi connectivity index (χ3n) is 9.15. The smallest absolute Gasteiger partial charge is 0.164 e. The number of benzene rings is 5. The Balaban J connectivity index is 1.42. The van der Waals surface area contributed by atoms with E-state index in [0.29, 0.717) is 74.7 Å². The molecule has 0 radical (unpaired) electrons. The molecule has 0 saturated heterocycles. The Bertz CT molecular complexity index is 2600. The molecule has 10 heteroatoms. The summed E-state index contributed by atoms with van der Waals surface area (Å²) in [6.07, 6.45) is 0. The SMILES string of the molecule is CC(C)(C)c1nc(-c2cc(-c3nc(-c4ccccc4)nc(-c4ccccc4)n3)cc(-c3nc(-c4ccccc4)nc(-c4ccc(F)cc4)n3)c2)nc(C(C)(C)C)n1. The Morgan fingerprint density at radius 2 is 0.561 bits per heavy atom. The summed E-state index contributed by atoms with van der Waals surface area (Å²) in [5.41, 5.74) is 4.48. The Hall–Kier alpha value is -6.94. The van der Waals surface area contributed by atoms with E-state index in [1.807, 2.05) is 109 Å². The van der Waals surface area contributed by atoms with Crippen molar-refractivity contribution in [2.45, 2.75) is 52.4 Å². The second-order valence-corrected chi connectivity index (χ2v) is 15.8. The highest BCUT2D eigenvalue weighted by Gasteiger charge is 2.26. The molecule has 0 amide bonds. The van der Waals surface area contributed by atoms with Crippen LogP contribution in [0.2, 0.25) is 0 Å². The monoisotopic (exact) mass is 749 g/mol. The van der Waals surface area contributed by atoms with E-state index in [2.05, 4.69) is 41.5 Å². The minimum atomic E-state index is -0.357. The van der Waals surface area contributed by atoms with Gasteiger partial charge in [-0.2, -0.15) is 0 Å². The number of halogens is 1. The molecule has 9 nitrogen and oxygen atoms in total. The van der Waals surface area contributed by atoms with Gasteiger partial charge in [0.15, 0.2) is 40.8 Å². The lowest BCUT2D eigenvalue weighted by Gasteiger charge is -2.23. The van der Waals surface area contributed by atoms with Crippen molar-refractivity contribution in [3.8, 4) is 79.7 Å². The van der Waals surface area contributed by atoms with Crippen LogP contribution in [0.1, 0.15) is 53.2 Å². The number of rotatable bonds is 7. The van der Waals surface area contributed by atoms with Crippen molar-refractivity contribution in [3.63, 3.8) is 0 Å². The molecule has 8 rings (SSSR count). The minimum Gasteiger partial charge on any atom is -0.217 e. The first-order valence-corrected chi connectivity index (χ1v) is 18.7. The van der Waals surface area contributed by atoms with E-state index in [9.17, 15) is 4.39 Å². The lowest BCUT2D eigenvalue weighted by atomic mass is 9.92. The van der Waals surface area contributed by atoms with E-state index in [-0.39, 0.29) is 16.6 Å². The Kier molecular flexibility index (Phi) is 9.71. The quantitative estimate of drug-likeness (QED) is 0.157. The molecular weight excluding hydrogens is 710 g/mol. The summed E-state index contributed by atoms with van der Waals surface area (Å²) >= 11 is 0. The van der Waals surface area contributed by atoms with Gasteiger partial charge in [0.25, 0.3) is 0 Å². The summed E-state index contributed by atoms with van der Waals surface area (Å²) in [4.78, 5) is 45.0. The summed E-state index contributed by atoms with van der Waals surface area (Å²) in [5, 5.41) is 0. The summed E-state index contributed by atoms with van der Waals surface area (Å²) in [7, 11) is 0.